The van der Waals surface area contributed by atoms with Crippen LogP contribution in [-0.2, 0) is 0 Å². The molecule has 48 heavy (non-hydrogen) atoms. The van der Waals surface area contributed by atoms with Crippen molar-refractivity contribution in [3.8, 4) is 0 Å². The van der Waals surface area contributed by atoms with Gasteiger partial charge in [-0.1, -0.05) is 41.4 Å². The summed E-state index contributed by atoms with van der Waals surface area (Å²) in [6.07, 6.45) is 0. The van der Waals surface area contributed by atoms with Gasteiger partial charge in [0.05, 0.1) is 5.56 Å². The number of aromatic carboxylic acids is 1. The Hall–Kier alpha value is -6.03. The fourth-order valence-electron chi connectivity index (χ4n) is 6.65. The lowest BCUT2D eigenvalue weighted by atomic mass is 9.81. The molecule has 0 saturated carbocycles. The van der Waals surface area contributed by atoms with E-state index < -0.39 is 23.7 Å². The van der Waals surface area contributed by atoms with Gasteiger partial charge in [-0.2, -0.15) is 0 Å². The van der Waals surface area contributed by atoms with Crippen LogP contribution in [0.25, 0.3) is 43.1 Å². The molecule has 0 spiro atoms. The molecule has 7 aromatic carbocycles. The summed E-state index contributed by atoms with van der Waals surface area (Å²) in [6.45, 7) is 0. The molecular formula is C37H20Cl2N4O5. The van der Waals surface area contributed by atoms with Crippen LogP contribution in [-0.4, -0.2) is 34.6 Å². The highest BCUT2D eigenvalue weighted by atomic mass is 35.5. The molecule has 232 valence electrons. The number of carboxylic acid groups (broad SMARTS) is 1. The van der Waals surface area contributed by atoms with E-state index in [9.17, 15) is 24.3 Å². The van der Waals surface area contributed by atoms with Crippen LogP contribution in [0.4, 0.5) is 11.4 Å². The Kier molecular flexibility index (Phi) is 6.59. The molecule has 5 N–H and O–H groups in total. The monoisotopic (exact) mass is 670 g/mol. The molecule has 1 aliphatic rings. The first-order chi connectivity index (χ1) is 23.1. The number of hydrogen-bond acceptors (Lipinski definition) is 5. The van der Waals surface area contributed by atoms with Crippen LogP contribution in [0.2, 0.25) is 10.0 Å². The fourth-order valence-corrected chi connectivity index (χ4v) is 6.90. The predicted molar refractivity (Wildman–Crippen MR) is 188 cm³/mol. The summed E-state index contributed by atoms with van der Waals surface area (Å²) < 4.78 is 0. The highest BCUT2D eigenvalue weighted by molar-refractivity contribution is 6.42. The van der Waals surface area contributed by atoms with E-state index in [1.165, 1.54) is 6.07 Å². The quantitative estimate of drug-likeness (QED) is 0.0409. The number of benzene rings is 7. The van der Waals surface area contributed by atoms with Crippen LogP contribution >= 0.6 is 23.2 Å². The summed E-state index contributed by atoms with van der Waals surface area (Å²) >= 11 is 12.1. The van der Waals surface area contributed by atoms with Gasteiger partial charge in [0.2, 0.25) is 0 Å². The first kappa shape index (κ1) is 29.4. The number of anilines is 2. The van der Waals surface area contributed by atoms with Gasteiger partial charge in [0.25, 0.3) is 17.7 Å². The van der Waals surface area contributed by atoms with Gasteiger partial charge in [-0.25, -0.2) is 4.79 Å². The summed E-state index contributed by atoms with van der Waals surface area (Å²) in [5.41, 5.74) is 1.87. The van der Waals surface area contributed by atoms with Gasteiger partial charge in [0, 0.05) is 59.8 Å². The van der Waals surface area contributed by atoms with E-state index in [-0.39, 0.29) is 22.5 Å². The Morgan fingerprint density at radius 1 is 0.583 bits per heavy atom. The third-order valence-electron chi connectivity index (χ3n) is 8.68. The second-order valence-corrected chi connectivity index (χ2v) is 12.3. The molecule has 0 unspecified atom stereocenters. The lowest BCUT2D eigenvalue weighted by Crippen LogP contribution is -2.34. The van der Waals surface area contributed by atoms with Gasteiger partial charge in [0.15, 0.2) is 0 Å². The standard InChI is InChI=1S/C37H20Cl2N4O5/c38-16-1-5-18(6-2-16)41-33(40)26-15-27(37(47)48)29-22-11-14-24-30-23(35(45)43-36(24)46)12-9-20(28(22)30)21-10-13-25(31(26)32(21)29)34(44)42-19-7-3-17(39)4-8-19/h1-15H,(H2,40,41)(H,42,44)(H,47,48)(H,43,45,46). The summed E-state index contributed by atoms with van der Waals surface area (Å²) in [5, 5.41) is 32.9. The van der Waals surface area contributed by atoms with Crippen molar-refractivity contribution in [2.45, 2.75) is 0 Å². The maximum atomic E-state index is 14.0. The molecule has 7 aromatic rings. The largest absolute Gasteiger partial charge is 0.478 e. The van der Waals surface area contributed by atoms with Crippen LogP contribution in [0.5, 0.6) is 0 Å². The van der Waals surface area contributed by atoms with Gasteiger partial charge in [-0.15, -0.1) is 0 Å². The average Bonchev–Trinajstić information content (AvgIpc) is 3.07. The number of carbonyl (C=O) groups is 4. The van der Waals surface area contributed by atoms with Gasteiger partial charge in [-0.05, 0) is 99.7 Å². The van der Waals surface area contributed by atoms with E-state index in [1.807, 2.05) is 0 Å². The average molecular weight is 671 g/mol. The smallest absolute Gasteiger partial charge is 0.336 e. The molecule has 0 saturated heterocycles. The van der Waals surface area contributed by atoms with Crippen molar-refractivity contribution < 1.29 is 24.3 Å². The zero-order chi connectivity index (χ0) is 33.4. The lowest BCUT2D eigenvalue weighted by molar-refractivity contribution is 0.0697. The second kappa shape index (κ2) is 10.8. The molecule has 3 amide bonds. The number of carboxylic acids is 1. The molecule has 1 aliphatic heterocycles. The Labute approximate surface area is 280 Å². The fraction of sp³-hybridized carbons (Fsp3) is 0. The number of carbonyl (C=O) groups excluding carboxylic acids is 3. The van der Waals surface area contributed by atoms with Crippen molar-refractivity contribution in [3.05, 3.63) is 129 Å². The molecule has 9 nitrogen and oxygen atoms in total. The summed E-state index contributed by atoms with van der Waals surface area (Å²) in [6, 6.07) is 24.7. The topological polar surface area (TPSA) is 148 Å². The van der Waals surface area contributed by atoms with Crippen LogP contribution in [0.15, 0.2) is 91.0 Å². The minimum absolute atomic E-state index is 0.116. The highest BCUT2D eigenvalue weighted by Crippen LogP contribution is 2.46. The second-order valence-electron chi connectivity index (χ2n) is 11.4. The number of amidine groups is 1. The van der Waals surface area contributed by atoms with Crippen LogP contribution in [0.3, 0.4) is 0 Å². The number of hydrogen-bond donors (Lipinski definition) is 5. The van der Waals surface area contributed by atoms with Gasteiger partial charge in [-0.3, -0.25) is 25.1 Å². The normalized spacial score (nSPS) is 12.5. The minimum atomic E-state index is -1.26. The third kappa shape index (κ3) is 4.44. The maximum absolute atomic E-state index is 14.0. The summed E-state index contributed by atoms with van der Waals surface area (Å²) in [5.74, 6) is -2.99. The molecular weight excluding hydrogens is 651 g/mol. The molecule has 0 atom stereocenters. The van der Waals surface area contributed by atoms with Crippen molar-refractivity contribution in [3.63, 3.8) is 0 Å². The number of amides is 3. The number of rotatable bonds is 5. The van der Waals surface area contributed by atoms with Crippen LogP contribution in [0.1, 0.15) is 47.0 Å². The summed E-state index contributed by atoms with van der Waals surface area (Å²) in [7, 11) is 0. The lowest BCUT2D eigenvalue weighted by Gasteiger charge is -2.23. The Balaban J connectivity index is 1.49. The molecule has 11 heteroatoms. The van der Waals surface area contributed by atoms with E-state index in [1.54, 1.807) is 84.9 Å². The van der Waals surface area contributed by atoms with Crippen LogP contribution in [0, 0.1) is 5.41 Å². The van der Waals surface area contributed by atoms with E-state index >= 15 is 0 Å². The summed E-state index contributed by atoms with van der Waals surface area (Å²) in [4.78, 5) is 52.8. The molecule has 0 bridgehead atoms. The zero-order valence-electron chi connectivity index (χ0n) is 24.5. The van der Waals surface area contributed by atoms with E-state index in [0.29, 0.717) is 75.6 Å². The highest BCUT2D eigenvalue weighted by Gasteiger charge is 2.30. The molecule has 8 rings (SSSR count). The van der Waals surface area contributed by atoms with Gasteiger partial charge in [0.1, 0.15) is 5.84 Å². The zero-order valence-corrected chi connectivity index (χ0v) is 26.0. The van der Waals surface area contributed by atoms with E-state index in [4.69, 9.17) is 28.6 Å². The molecule has 0 aliphatic carbocycles. The maximum Gasteiger partial charge on any atom is 0.336 e. The SMILES string of the molecule is N=C(Nc1ccc(Cl)cc1)c1cc(C(=O)O)c2c3ccc4c5c(ccc(c6ccc(C(=O)Nc7ccc(Cl)cc7)c1c62)c53)C(=O)NC4=O. The molecule has 0 aromatic heterocycles. The number of fused-ring (bicyclic) bond motifs is 2. The first-order valence-corrected chi connectivity index (χ1v) is 15.4. The number of imide groups is 1. The Morgan fingerprint density at radius 3 is 1.73 bits per heavy atom. The number of nitrogens with one attached hydrogen (secondary N) is 4. The van der Waals surface area contributed by atoms with E-state index in [0.717, 1.165) is 0 Å². The number of halogens is 2. The van der Waals surface area contributed by atoms with Crippen molar-refractivity contribution in [2.75, 3.05) is 10.6 Å². The van der Waals surface area contributed by atoms with Crippen molar-refractivity contribution in [1.29, 1.82) is 5.41 Å². The first-order valence-electron chi connectivity index (χ1n) is 14.6. The van der Waals surface area contributed by atoms with E-state index in [2.05, 4.69) is 16.0 Å². The van der Waals surface area contributed by atoms with Crippen molar-refractivity contribution >= 4 is 107 Å². The molecule has 0 fully saturated rings. The molecule has 1 heterocycles. The minimum Gasteiger partial charge on any atom is -0.478 e. The van der Waals surface area contributed by atoms with Gasteiger partial charge >= 0.3 is 5.97 Å². The van der Waals surface area contributed by atoms with Crippen LogP contribution < -0.4 is 16.0 Å². The van der Waals surface area contributed by atoms with Crippen molar-refractivity contribution in [1.82, 2.24) is 5.32 Å². The third-order valence-corrected chi connectivity index (χ3v) is 9.18. The Morgan fingerprint density at radius 2 is 1.12 bits per heavy atom. The molecule has 0 radical (unpaired) electrons. The predicted octanol–water partition coefficient (Wildman–Crippen LogP) is 8.32. The van der Waals surface area contributed by atoms with Gasteiger partial charge < -0.3 is 15.7 Å². The Bertz CT molecular complexity index is 2580. The van der Waals surface area contributed by atoms with Crippen molar-refractivity contribution in [2.24, 2.45) is 0 Å².